The van der Waals surface area contributed by atoms with Crippen molar-refractivity contribution in [2.45, 2.75) is 32.2 Å². The van der Waals surface area contributed by atoms with E-state index in [1.165, 1.54) is 6.42 Å². The Balaban J connectivity index is 1.71. The molecule has 0 radical (unpaired) electrons. The highest BCUT2D eigenvalue weighted by Crippen LogP contribution is 2.34. The molecule has 1 N–H and O–H groups in total. The molecule has 2 heterocycles. The Hall–Kier alpha value is -3.32. The highest BCUT2D eigenvalue weighted by Gasteiger charge is 2.37. The number of hydrogen-bond acceptors (Lipinski definition) is 5. The Kier molecular flexibility index (Phi) is 7.29. The highest BCUT2D eigenvalue weighted by atomic mass is 16.5. The molecular weight excluding hydrogens is 418 g/mol. The standard InChI is InChI=1S/C26H31N3O4/c1-3-32-25(30)23-22(18-29-15-8-5-9-16-29)28(2)26(31)27-24(23)19-11-10-14-21(17-19)33-20-12-6-4-7-13-20/h4,6-7,10-14,17,24H,3,5,8-9,15-16,18H2,1-2H3,(H,27,31)/t24-/m1/s1. The van der Waals surface area contributed by atoms with Gasteiger partial charge >= 0.3 is 12.0 Å². The van der Waals surface area contributed by atoms with Gasteiger partial charge in [0.1, 0.15) is 11.5 Å². The first-order valence-electron chi connectivity index (χ1n) is 11.6. The van der Waals surface area contributed by atoms with Crippen LogP contribution in [0.25, 0.3) is 0 Å². The molecule has 1 atom stereocenters. The maximum Gasteiger partial charge on any atom is 0.338 e. The Morgan fingerprint density at radius 1 is 1.03 bits per heavy atom. The van der Waals surface area contributed by atoms with Gasteiger partial charge in [0.15, 0.2) is 0 Å². The second kappa shape index (κ2) is 10.5. The SMILES string of the molecule is CCOC(=O)C1=C(CN2CCCCC2)N(C)C(=O)N[C@@H]1c1cccc(Oc2ccccc2)c1. The summed E-state index contributed by atoms with van der Waals surface area (Å²) in [7, 11) is 1.71. The number of nitrogens with zero attached hydrogens (tertiary/aromatic N) is 2. The van der Waals surface area contributed by atoms with E-state index in [0.29, 0.717) is 29.3 Å². The summed E-state index contributed by atoms with van der Waals surface area (Å²) in [4.78, 5) is 29.9. The molecule has 174 valence electrons. The van der Waals surface area contributed by atoms with E-state index in [1.54, 1.807) is 18.9 Å². The number of rotatable bonds is 7. The van der Waals surface area contributed by atoms with Gasteiger partial charge in [-0.05, 0) is 62.7 Å². The number of amides is 2. The molecule has 0 unspecified atom stereocenters. The fourth-order valence-electron chi connectivity index (χ4n) is 4.36. The average molecular weight is 450 g/mol. The van der Waals surface area contributed by atoms with Crippen molar-refractivity contribution in [3.8, 4) is 11.5 Å². The average Bonchev–Trinajstić information content (AvgIpc) is 2.83. The van der Waals surface area contributed by atoms with Crippen molar-refractivity contribution in [3.63, 3.8) is 0 Å². The van der Waals surface area contributed by atoms with Crippen molar-refractivity contribution in [2.24, 2.45) is 0 Å². The van der Waals surface area contributed by atoms with Crippen molar-refractivity contribution in [3.05, 3.63) is 71.4 Å². The number of benzene rings is 2. The van der Waals surface area contributed by atoms with Crippen LogP contribution in [-0.2, 0) is 9.53 Å². The predicted molar refractivity (Wildman–Crippen MR) is 126 cm³/mol. The molecule has 2 amide bonds. The zero-order valence-electron chi connectivity index (χ0n) is 19.3. The first kappa shape index (κ1) is 22.9. The highest BCUT2D eigenvalue weighted by molar-refractivity contribution is 5.95. The summed E-state index contributed by atoms with van der Waals surface area (Å²) in [5.74, 6) is 0.942. The second-order valence-electron chi connectivity index (χ2n) is 8.35. The summed E-state index contributed by atoms with van der Waals surface area (Å²) in [6, 6.07) is 16.1. The molecule has 0 bridgehead atoms. The number of likely N-dealkylation sites (tertiary alicyclic amines) is 1. The molecule has 2 aliphatic rings. The van der Waals surface area contributed by atoms with Gasteiger partial charge in [-0.15, -0.1) is 0 Å². The van der Waals surface area contributed by atoms with Crippen LogP contribution in [0.1, 0.15) is 37.8 Å². The van der Waals surface area contributed by atoms with Gasteiger partial charge in [-0.25, -0.2) is 9.59 Å². The Bertz CT molecular complexity index is 1020. The van der Waals surface area contributed by atoms with E-state index in [4.69, 9.17) is 9.47 Å². The number of carbonyl (C=O) groups is 2. The van der Waals surface area contributed by atoms with E-state index in [9.17, 15) is 9.59 Å². The van der Waals surface area contributed by atoms with Crippen molar-refractivity contribution in [1.29, 1.82) is 0 Å². The topological polar surface area (TPSA) is 71.1 Å². The molecule has 0 spiro atoms. The van der Waals surface area contributed by atoms with E-state index in [1.807, 2.05) is 54.6 Å². The second-order valence-corrected chi connectivity index (χ2v) is 8.35. The minimum absolute atomic E-state index is 0.241. The maximum atomic E-state index is 13.2. The third-order valence-electron chi connectivity index (χ3n) is 6.06. The van der Waals surface area contributed by atoms with Crippen LogP contribution in [0.4, 0.5) is 4.79 Å². The number of nitrogens with one attached hydrogen (secondary N) is 1. The number of para-hydroxylation sites is 1. The van der Waals surface area contributed by atoms with Gasteiger partial charge in [0.2, 0.25) is 0 Å². The number of carbonyl (C=O) groups excluding carboxylic acids is 2. The molecule has 0 aromatic heterocycles. The lowest BCUT2D eigenvalue weighted by Gasteiger charge is -2.37. The van der Waals surface area contributed by atoms with Crippen LogP contribution in [0.5, 0.6) is 11.5 Å². The van der Waals surface area contributed by atoms with Gasteiger partial charge in [-0.2, -0.15) is 0 Å². The lowest BCUT2D eigenvalue weighted by molar-refractivity contribution is -0.139. The molecule has 1 fully saturated rings. The molecule has 2 aromatic rings. The number of hydrogen-bond donors (Lipinski definition) is 1. The normalized spacial score (nSPS) is 19.3. The van der Waals surface area contributed by atoms with E-state index in [-0.39, 0.29) is 12.6 Å². The lowest BCUT2D eigenvalue weighted by atomic mass is 9.94. The van der Waals surface area contributed by atoms with E-state index in [0.717, 1.165) is 31.5 Å². The van der Waals surface area contributed by atoms with Crippen LogP contribution in [0.2, 0.25) is 0 Å². The Morgan fingerprint density at radius 2 is 1.76 bits per heavy atom. The maximum absolute atomic E-state index is 13.2. The Labute approximate surface area is 195 Å². The summed E-state index contributed by atoms with van der Waals surface area (Å²) in [6.07, 6.45) is 3.47. The van der Waals surface area contributed by atoms with E-state index < -0.39 is 12.0 Å². The number of esters is 1. The summed E-state index contributed by atoms with van der Waals surface area (Å²) in [5, 5.41) is 2.98. The molecule has 0 aliphatic carbocycles. The fraction of sp³-hybridized carbons (Fsp3) is 0.385. The zero-order valence-corrected chi connectivity index (χ0v) is 19.3. The van der Waals surface area contributed by atoms with Crippen molar-refractivity contribution in [2.75, 3.05) is 33.3 Å². The smallest absolute Gasteiger partial charge is 0.338 e. The zero-order chi connectivity index (χ0) is 23.2. The molecule has 7 heteroatoms. The molecule has 4 rings (SSSR count). The third kappa shape index (κ3) is 5.37. The summed E-state index contributed by atoms with van der Waals surface area (Å²) >= 11 is 0. The van der Waals surface area contributed by atoms with Gasteiger partial charge in [0, 0.05) is 19.3 Å². The summed E-state index contributed by atoms with van der Waals surface area (Å²) < 4.78 is 11.4. The molecule has 33 heavy (non-hydrogen) atoms. The Morgan fingerprint density at radius 3 is 2.48 bits per heavy atom. The van der Waals surface area contributed by atoms with E-state index >= 15 is 0 Å². The van der Waals surface area contributed by atoms with Crippen LogP contribution in [0.15, 0.2) is 65.9 Å². The van der Waals surface area contributed by atoms with Crippen LogP contribution in [0, 0.1) is 0 Å². The van der Waals surface area contributed by atoms with Crippen molar-refractivity contribution in [1.82, 2.24) is 15.1 Å². The monoisotopic (exact) mass is 449 g/mol. The van der Waals surface area contributed by atoms with Crippen molar-refractivity contribution < 1.29 is 19.1 Å². The van der Waals surface area contributed by atoms with Crippen molar-refractivity contribution >= 4 is 12.0 Å². The molecule has 2 aliphatic heterocycles. The van der Waals surface area contributed by atoms with Gasteiger partial charge in [0.05, 0.1) is 18.2 Å². The fourth-order valence-corrected chi connectivity index (χ4v) is 4.36. The number of likely N-dealkylation sites (N-methyl/N-ethyl adjacent to an activating group) is 1. The molecule has 0 saturated carbocycles. The summed E-state index contributed by atoms with van der Waals surface area (Å²) in [5.41, 5.74) is 1.93. The number of urea groups is 1. The first-order chi connectivity index (χ1) is 16.1. The van der Waals surface area contributed by atoms with Gasteiger partial charge in [0.25, 0.3) is 0 Å². The first-order valence-corrected chi connectivity index (χ1v) is 11.6. The minimum atomic E-state index is -0.619. The van der Waals surface area contributed by atoms with Gasteiger partial charge in [-0.1, -0.05) is 36.8 Å². The number of ether oxygens (including phenoxy) is 2. The third-order valence-corrected chi connectivity index (χ3v) is 6.06. The van der Waals surface area contributed by atoms with Crippen LogP contribution >= 0.6 is 0 Å². The van der Waals surface area contributed by atoms with Gasteiger partial charge < -0.3 is 14.8 Å². The van der Waals surface area contributed by atoms with E-state index in [2.05, 4.69) is 10.2 Å². The molecular formula is C26H31N3O4. The van der Waals surface area contributed by atoms with Crippen LogP contribution < -0.4 is 10.1 Å². The van der Waals surface area contributed by atoms with Crippen LogP contribution in [0.3, 0.4) is 0 Å². The minimum Gasteiger partial charge on any atom is -0.463 e. The lowest BCUT2D eigenvalue weighted by Crippen LogP contribution is -2.49. The predicted octanol–water partition coefficient (Wildman–Crippen LogP) is 4.48. The quantitative estimate of drug-likeness (QED) is 0.631. The molecule has 7 nitrogen and oxygen atoms in total. The van der Waals surface area contributed by atoms with Gasteiger partial charge in [-0.3, -0.25) is 9.80 Å². The summed E-state index contributed by atoms with van der Waals surface area (Å²) in [6.45, 7) is 4.51. The van der Waals surface area contributed by atoms with Crippen LogP contribution in [-0.4, -0.2) is 55.1 Å². The molecule has 2 aromatic carbocycles. The molecule has 1 saturated heterocycles. The largest absolute Gasteiger partial charge is 0.463 e. The number of piperidine rings is 1.